The van der Waals surface area contributed by atoms with Crippen molar-refractivity contribution in [2.75, 3.05) is 0 Å². The lowest BCUT2D eigenvalue weighted by Gasteiger charge is -2.43. The molecule has 21 heavy (non-hydrogen) atoms. The molecule has 0 aliphatic heterocycles. The summed E-state index contributed by atoms with van der Waals surface area (Å²) in [5, 5.41) is 0. The first-order valence-corrected chi connectivity index (χ1v) is 9.56. The van der Waals surface area contributed by atoms with Crippen molar-refractivity contribution in [3.63, 3.8) is 0 Å². The predicted octanol–water partition coefficient (Wildman–Crippen LogP) is 6.14. The van der Waals surface area contributed by atoms with Gasteiger partial charge in [-0.1, -0.05) is 63.3 Å². The highest BCUT2D eigenvalue weighted by Crippen LogP contribution is 2.63. The van der Waals surface area contributed by atoms with Gasteiger partial charge in [0.15, 0.2) is 0 Å². The van der Waals surface area contributed by atoms with Crippen molar-refractivity contribution in [2.24, 2.45) is 35.0 Å². The monoisotopic (exact) mass is 284 g/mol. The SMILES string of the molecule is CC(C)(C1=CC=CC1)C1C2CCCCC2C2CCCCC21. The van der Waals surface area contributed by atoms with Gasteiger partial charge in [0, 0.05) is 0 Å². The minimum Gasteiger partial charge on any atom is -0.0804 e. The van der Waals surface area contributed by atoms with E-state index in [0.29, 0.717) is 5.41 Å². The van der Waals surface area contributed by atoms with Crippen molar-refractivity contribution in [3.05, 3.63) is 23.8 Å². The van der Waals surface area contributed by atoms with E-state index in [0.717, 1.165) is 29.6 Å². The van der Waals surface area contributed by atoms with Crippen molar-refractivity contribution in [1.29, 1.82) is 0 Å². The topological polar surface area (TPSA) is 0 Å². The van der Waals surface area contributed by atoms with Crippen LogP contribution < -0.4 is 0 Å². The Labute approximate surface area is 131 Å². The van der Waals surface area contributed by atoms with E-state index < -0.39 is 0 Å². The van der Waals surface area contributed by atoms with Crippen LogP contribution in [0.4, 0.5) is 0 Å². The molecule has 4 atom stereocenters. The Bertz CT molecular complexity index is 431. The smallest absolute Gasteiger partial charge is 0.0105 e. The highest BCUT2D eigenvalue weighted by molar-refractivity contribution is 5.30. The molecule has 0 amide bonds. The summed E-state index contributed by atoms with van der Waals surface area (Å²) >= 11 is 0. The molecule has 0 saturated heterocycles. The van der Waals surface area contributed by atoms with Gasteiger partial charge in [0.05, 0.1) is 0 Å². The fraction of sp³-hybridized carbons (Fsp3) is 0.810. The summed E-state index contributed by atoms with van der Waals surface area (Å²) in [6.07, 6.45) is 20.5. The van der Waals surface area contributed by atoms with Crippen LogP contribution in [-0.4, -0.2) is 0 Å². The molecule has 0 N–H and O–H groups in total. The summed E-state index contributed by atoms with van der Waals surface area (Å²) in [7, 11) is 0. The standard InChI is InChI=1S/C21H32/c1-21(2,15-9-3-4-10-15)20-18-13-7-5-11-16(18)17-12-6-8-14-19(17)20/h3-4,9,16-20H,5-8,10-14H2,1-2H3. The number of fused-ring (bicyclic) bond motifs is 3. The maximum atomic E-state index is 2.58. The molecule has 0 bridgehead atoms. The minimum atomic E-state index is 0.431. The van der Waals surface area contributed by atoms with Gasteiger partial charge in [0.25, 0.3) is 0 Å². The predicted molar refractivity (Wildman–Crippen MR) is 90.0 cm³/mol. The van der Waals surface area contributed by atoms with E-state index in [9.17, 15) is 0 Å². The van der Waals surface area contributed by atoms with E-state index in [4.69, 9.17) is 0 Å². The molecule has 4 rings (SSSR count). The minimum absolute atomic E-state index is 0.431. The third-order valence-electron chi connectivity index (χ3n) is 7.65. The van der Waals surface area contributed by atoms with Gasteiger partial charge < -0.3 is 0 Å². The van der Waals surface area contributed by atoms with Gasteiger partial charge >= 0.3 is 0 Å². The molecule has 3 fully saturated rings. The highest BCUT2D eigenvalue weighted by Gasteiger charge is 2.55. The van der Waals surface area contributed by atoms with Crippen molar-refractivity contribution in [3.8, 4) is 0 Å². The molecule has 0 spiro atoms. The number of hydrogen-bond donors (Lipinski definition) is 0. The van der Waals surface area contributed by atoms with Crippen LogP contribution in [0.15, 0.2) is 23.8 Å². The van der Waals surface area contributed by atoms with Crippen molar-refractivity contribution in [1.82, 2.24) is 0 Å². The van der Waals surface area contributed by atoms with Gasteiger partial charge in [-0.2, -0.15) is 0 Å². The van der Waals surface area contributed by atoms with E-state index in [1.165, 1.54) is 44.9 Å². The molecule has 4 unspecified atom stereocenters. The molecule has 0 heteroatoms. The molecule has 4 aliphatic carbocycles. The maximum Gasteiger partial charge on any atom is -0.0105 e. The first kappa shape index (κ1) is 14.1. The Morgan fingerprint density at radius 1 is 0.810 bits per heavy atom. The van der Waals surface area contributed by atoms with E-state index in [-0.39, 0.29) is 0 Å². The summed E-state index contributed by atoms with van der Waals surface area (Å²) in [6, 6.07) is 0. The summed E-state index contributed by atoms with van der Waals surface area (Å²) in [5.74, 6) is 5.23. The molecule has 0 aromatic rings. The quantitative estimate of drug-likeness (QED) is 0.571. The van der Waals surface area contributed by atoms with E-state index in [2.05, 4.69) is 32.1 Å². The lowest BCUT2D eigenvalue weighted by Crippen LogP contribution is -2.35. The Morgan fingerprint density at radius 3 is 1.81 bits per heavy atom. The van der Waals surface area contributed by atoms with Crippen LogP contribution in [0.1, 0.15) is 71.6 Å². The van der Waals surface area contributed by atoms with Crippen molar-refractivity contribution < 1.29 is 0 Å². The fourth-order valence-electron chi connectivity index (χ4n) is 6.86. The van der Waals surface area contributed by atoms with Gasteiger partial charge in [0.1, 0.15) is 0 Å². The number of allylic oxidation sites excluding steroid dienone is 4. The molecular formula is C21H32. The molecule has 0 nitrogen and oxygen atoms in total. The van der Waals surface area contributed by atoms with E-state index >= 15 is 0 Å². The number of rotatable bonds is 2. The van der Waals surface area contributed by atoms with Crippen LogP contribution in [0, 0.1) is 35.0 Å². The Kier molecular flexibility index (Phi) is 3.55. The molecule has 0 heterocycles. The number of hydrogen-bond acceptors (Lipinski definition) is 0. The van der Waals surface area contributed by atoms with Gasteiger partial charge in [-0.3, -0.25) is 0 Å². The first-order chi connectivity index (χ1) is 10.2. The average molecular weight is 284 g/mol. The summed E-state index contributed by atoms with van der Waals surface area (Å²) in [5.41, 5.74) is 2.16. The lowest BCUT2D eigenvalue weighted by molar-refractivity contribution is 0.109. The third kappa shape index (κ3) is 2.16. The molecule has 0 aromatic heterocycles. The van der Waals surface area contributed by atoms with Crippen molar-refractivity contribution >= 4 is 0 Å². The largest absolute Gasteiger partial charge is 0.0804 e. The molecule has 3 saturated carbocycles. The Morgan fingerprint density at radius 2 is 1.33 bits per heavy atom. The second-order valence-corrected chi connectivity index (χ2v) is 8.80. The molecule has 0 radical (unpaired) electrons. The van der Waals surface area contributed by atoms with Gasteiger partial charge in [-0.25, -0.2) is 0 Å². The maximum absolute atomic E-state index is 2.58. The van der Waals surface area contributed by atoms with Gasteiger partial charge in [-0.15, -0.1) is 0 Å². The zero-order valence-corrected chi connectivity index (χ0v) is 14.0. The van der Waals surface area contributed by atoms with Crippen molar-refractivity contribution in [2.45, 2.75) is 71.6 Å². The average Bonchev–Trinajstić information content (AvgIpc) is 3.14. The summed E-state index contributed by atoms with van der Waals surface area (Å²) in [4.78, 5) is 0. The second-order valence-electron chi connectivity index (χ2n) is 8.80. The van der Waals surface area contributed by atoms with E-state index in [1.54, 1.807) is 18.4 Å². The van der Waals surface area contributed by atoms with Crippen LogP contribution in [0.5, 0.6) is 0 Å². The summed E-state index contributed by atoms with van der Waals surface area (Å²) < 4.78 is 0. The zero-order chi connectivity index (χ0) is 14.4. The van der Waals surface area contributed by atoms with Crippen LogP contribution >= 0.6 is 0 Å². The normalized spacial score (nSPS) is 42.6. The van der Waals surface area contributed by atoms with Crippen LogP contribution in [0.2, 0.25) is 0 Å². The van der Waals surface area contributed by atoms with Gasteiger partial charge in [-0.05, 0) is 67.1 Å². The Hall–Kier alpha value is -0.520. The third-order valence-corrected chi connectivity index (χ3v) is 7.65. The lowest BCUT2D eigenvalue weighted by atomic mass is 9.62. The molecule has 4 aliphatic rings. The second kappa shape index (κ2) is 5.28. The van der Waals surface area contributed by atoms with Gasteiger partial charge in [0.2, 0.25) is 0 Å². The van der Waals surface area contributed by atoms with E-state index in [1.807, 2.05) is 0 Å². The Balaban J connectivity index is 1.68. The molecular weight excluding hydrogens is 252 g/mol. The summed E-state index contributed by atoms with van der Waals surface area (Å²) in [6.45, 7) is 5.16. The van der Waals surface area contributed by atoms with Crippen LogP contribution in [0.25, 0.3) is 0 Å². The molecule has 116 valence electrons. The van der Waals surface area contributed by atoms with Crippen LogP contribution in [0.3, 0.4) is 0 Å². The highest BCUT2D eigenvalue weighted by atomic mass is 14.6. The molecule has 0 aromatic carbocycles. The first-order valence-electron chi connectivity index (χ1n) is 9.56. The van der Waals surface area contributed by atoms with Crippen LogP contribution in [-0.2, 0) is 0 Å². The zero-order valence-electron chi connectivity index (χ0n) is 14.0. The fourth-order valence-corrected chi connectivity index (χ4v) is 6.86.